The molecule has 4 heteroatoms. The normalized spacial score (nSPS) is 17.2. The number of carbonyl (C=O) groups is 1. The van der Waals surface area contributed by atoms with Gasteiger partial charge in [0.25, 0.3) is 0 Å². The average Bonchev–Trinajstić information content (AvgIpc) is 3.07. The van der Waals surface area contributed by atoms with E-state index in [1.807, 2.05) is 35.7 Å². The molecule has 0 aromatic heterocycles. The molecule has 0 unspecified atom stereocenters. The number of carbonyl (C=O) groups excluding carboxylic acids is 1. The number of amides is 2. The molecule has 1 atom stereocenters. The first kappa shape index (κ1) is 17.9. The Morgan fingerprint density at radius 2 is 1.88 bits per heavy atom. The molecule has 2 aromatic rings. The van der Waals surface area contributed by atoms with E-state index in [1.165, 1.54) is 16.7 Å². The Morgan fingerprint density at radius 3 is 2.52 bits per heavy atom. The summed E-state index contributed by atoms with van der Waals surface area (Å²) < 4.78 is 0. The number of hydrogen-bond donors (Lipinski definition) is 1. The summed E-state index contributed by atoms with van der Waals surface area (Å²) in [4.78, 5) is 14.8. The summed E-state index contributed by atoms with van der Waals surface area (Å²) in [7, 11) is 0. The van der Waals surface area contributed by atoms with Crippen LogP contribution in [0.4, 0.5) is 10.5 Å². The van der Waals surface area contributed by atoms with Gasteiger partial charge in [-0.15, -0.1) is 11.8 Å². The summed E-state index contributed by atoms with van der Waals surface area (Å²) in [6.07, 6.45) is 0. The molecule has 0 aliphatic carbocycles. The minimum atomic E-state index is -0.0186. The van der Waals surface area contributed by atoms with E-state index in [0.717, 1.165) is 23.5 Å². The zero-order chi connectivity index (χ0) is 18.0. The van der Waals surface area contributed by atoms with E-state index in [-0.39, 0.29) is 11.4 Å². The predicted octanol–water partition coefficient (Wildman–Crippen LogP) is 5.71. The zero-order valence-electron chi connectivity index (χ0n) is 15.4. The van der Waals surface area contributed by atoms with Crippen molar-refractivity contribution in [2.45, 2.75) is 39.0 Å². The molecular weight excluding hydrogens is 328 g/mol. The van der Waals surface area contributed by atoms with Gasteiger partial charge < -0.3 is 10.2 Å². The van der Waals surface area contributed by atoms with E-state index in [2.05, 4.69) is 56.4 Å². The SMILES string of the molecule is Cc1ccc(NC(=O)N2CCS[C@@H]2c2ccc(C(C)C)cc2)c(C)c1. The Hall–Kier alpha value is -1.94. The minimum absolute atomic E-state index is 0.0186. The number of aryl methyl sites for hydroxylation is 2. The fourth-order valence-corrected chi connectivity index (χ4v) is 4.40. The lowest BCUT2D eigenvalue weighted by Crippen LogP contribution is -2.34. The highest BCUT2D eigenvalue weighted by molar-refractivity contribution is 7.99. The Kier molecular flexibility index (Phi) is 5.38. The van der Waals surface area contributed by atoms with Gasteiger partial charge in [-0.3, -0.25) is 0 Å². The number of hydrogen-bond acceptors (Lipinski definition) is 2. The van der Waals surface area contributed by atoms with Crippen LogP contribution >= 0.6 is 11.8 Å². The molecule has 132 valence electrons. The lowest BCUT2D eigenvalue weighted by atomic mass is 10.0. The van der Waals surface area contributed by atoms with Crippen molar-refractivity contribution in [2.75, 3.05) is 17.6 Å². The molecule has 1 fully saturated rings. The third-order valence-corrected chi connectivity index (χ3v) is 5.92. The fraction of sp³-hybridized carbons (Fsp3) is 0.381. The van der Waals surface area contributed by atoms with Crippen LogP contribution in [-0.2, 0) is 0 Å². The Balaban J connectivity index is 1.75. The van der Waals surface area contributed by atoms with Gasteiger partial charge in [0.05, 0.1) is 0 Å². The Bertz CT molecular complexity index is 755. The maximum absolute atomic E-state index is 12.8. The second-order valence-electron chi connectivity index (χ2n) is 6.99. The molecule has 0 saturated carbocycles. The maximum Gasteiger partial charge on any atom is 0.323 e. The first-order valence-electron chi connectivity index (χ1n) is 8.82. The largest absolute Gasteiger partial charge is 0.323 e. The van der Waals surface area contributed by atoms with Gasteiger partial charge in [0, 0.05) is 18.0 Å². The van der Waals surface area contributed by atoms with Gasteiger partial charge in [-0.1, -0.05) is 55.8 Å². The Labute approximate surface area is 154 Å². The first-order chi connectivity index (χ1) is 12.0. The molecule has 25 heavy (non-hydrogen) atoms. The Morgan fingerprint density at radius 1 is 1.16 bits per heavy atom. The molecule has 0 bridgehead atoms. The number of thioether (sulfide) groups is 1. The van der Waals surface area contributed by atoms with Gasteiger partial charge >= 0.3 is 6.03 Å². The van der Waals surface area contributed by atoms with Crippen LogP contribution in [0.5, 0.6) is 0 Å². The van der Waals surface area contributed by atoms with Crippen LogP contribution in [0.2, 0.25) is 0 Å². The van der Waals surface area contributed by atoms with Crippen molar-refractivity contribution >= 4 is 23.5 Å². The maximum atomic E-state index is 12.8. The van der Waals surface area contributed by atoms with Crippen LogP contribution in [0, 0.1) is 13.8 Å². The smallest absolute Gasteiger partial charge is 0.308 e. The lowest BCUT2D eigenvalue weighted by Gasteiger charge is -2.25. The van der Waals surface area contributed by atoms with Crippen LogP contribution in [0.3, 0.4) is 0 Å². The molecule has 1 aliphatic rings. The number of rotatable bonds is 3. The molecule has 3 nitrogen and oxygen atoms in total. The average molecular weight is 355 g/mol. The third kappa shape index (κ3) is 4.01. The first-order valence-corrected chi connectivity index (χ1v) is 9.87. The highest BCUT2D eigenvalue weighted by Gasteiger charge is 2.30. The zero-order valence-corrected chi connectivity index (χ0v) is 16.2. The summed E-state index contributed by atoms with van der Waals surface area (Å²) in [5.74, 6) is 1.49. The van der Waals surface area contributed by atoms with E-state index in [4.69, 9.17) is 0 Å². The van der Waals surface area contributed by atoms with Crippen molar-refractivity contribution in [3.63, 3.8) is 0 Å². The summed E-state index contributed by atoms with van der Waals surface area (Å²) >= 11 is 1.83. The van der Waals surface area contributed by atoms with Crippen molar-refractivity contribution in [2.24, 2.45) is 0 Å². The molecule has 2 aromatic carbocycles. The van der Waals surface area contributed by atoms with Gasteiger partial charge in [0.2, 0.25) is 0 Å². The number of nitrogens with zero attached hydrogens (tertiary/aromatic N) is 1. The summed E-state index contributed by atoms with van der Waals surface area (Å²) in [6, 6.07) is 14.8. The number of benzene rings is 2. The summed E-state index contributed by atoms with van der Waals surface area (Å²) in [5, 5.41) is 3.17. The molecule has 0 radical (unpaired) electrons. The van der Waals surface area contributed by atoms with Crippen molar-refractivity contribution in [3.05, 3.63) is 64.7 Å². The number of urea groups is 1. The molecule has 1 N–H and O–H groups in total. The monoisotopic (exact) mass is 354 g/mol. The van der Waals surface area contributed by atoms with Crippen molar-refractivity contribution in [1.82, 2.24) is 4.90 Å². The van der Waals surface area contributed by atoms with Crippen LogP contribution in [0.1, 0.15) is 47.4 Å². The van der Waals surface area contributed by atoms with Crippen molar-refractivity contribution in [3.8, 4) is 0 Å². The highest BCUT2D eigenvalue weighted by atomic mass is 32.2. The van der Waals surface area contributed by atoms with Gasteiger partial charge in [-0.05, 0) is 42.5 Å². The van der Waals surface area contributed by atoms with Gasteiger partial charge in [-0.2, -0.15) is 0 Å². The van der Waals surface area contributed by atoms with Crippen LogP contribution in [0.15, 0.2) is 42.5 Å². The van der Waals surface area contributed by atoms with Gasteiger partial charge in [-0.25, -0.2) is 4.79 Å². The third-order valence-electron chi connectivity index (χ3n) is 4.66. The van der Waals surface area contributed by atoms with Gasteiger partial charge in [0.15, 0.2) is 0 Å². The summed E-state index contributed by atoms with van der Waals surface area (Å²) in [6.45, 7) is 9.26. The van der Waals surface area contributed by atoms with E-state index in [0.29, 0.717) is 5.92 Å². The highest BCUT2D eigenvalue weighted by Crippen LogP contribution is 2.38. The predicted molar refractivity (Wildman–Crippen MR) is 107 cm³/mol. The van der Waals surface area contributed by atoms with Crippen LogP contribution in [0.25, 0.3) is 0 Å². The topological polar surface area (TPSA) is 32.3 Å². The van der Waals surface area contributed by atoms with E-state index >= 15 is 0 Å². The van der Waals surface area contributed by atoms with E-state index in [9.17, 15) is 4.79 Å². The summed E-state index contributed by atoms with van der Waals surface area (Å²) in [5.41, 5.74) is 5.72. The standard InChI is InChI=1S/C21H26N2OS/c1-14(2)17-6-8-18(9-7-17)20-23(11-12-25-20)21(24)22-19-10-5-15(3)13-16(19)4/h5-10,13-14,20H,11-12H2,1-4H3,(H,22,24)/t20-/m1/s1. The molecule has 1 heterocycles. The van der Waals surface area contributed by atoms with Crippen LogP contribution in [-0.4, -0.2) is 23.2 Å². The molecule has 0 spiro atoms. The molecule has 1 saturated heterocycles. The fourth-order valence-electron chi connectivity index (χ4n) is 3.14. The minimum Gasteiger partial charge on any atom is -0.308 e. The van der Waals surface area contributed by atoms with Crippen molar-refractivity contribution < 1.29 is 4.79 Å². The van der Waals surface area contributed by atoms with Crippen LogP contribution < -0.4 is 5.32 Å². The second kappa shape index (κ2) is 7.52. The van der Waals surface area contributed by atoms with Gasteiger partial charge in [0.1, 0.15) is 5.37 Å². The molecule has 3 rings (SSSR count). The lowest BCUT2D eigenvalue weighted by molar-refractivity contribution is 0.214. The number of anilines is 1. The quantitative estimate of drug-likeness (QED) is 0.766. The van der Waals surface area contributed by atoms with E-state index < -0.39 is 0 Å². The molecule has 2 amide bonds. The number of nitrogens with one attached hydrogen (secondary N) is 1. The van der Waals surface area contributed by atoms with E-state index in [1.54, 1.807) is 0 Å². The van der Waals surface area contributed by atoms with Crippen molar-refractivity contribution in [1.29, 1.82) is 0 Å². The molecule has 1 aliphatic heterocycles. The second-order valence-corrected chi connectivity index (χ2v) is 8.17. The molecular formula is C21H26N2OS.